The van der Waals surface area contributed by atoms with Crippen LogP contribution in [0.3, 0.4) is 0 Å². The summed E-state index contributed by atoms with van der Waals surface area (Å²) in [6, 6.07) is 0. The van der Waals surface area contributed by atoms with Gasteiger partial charge in [0, 0.05) is 19.4 Å². The quantitative estimate of drug-likeness (QED) is 0.0264. The maximum atomic E-state index is 12.7. The average Bonchev–Trinajstić information content (AvgIpc) is 3.36. The van der Waals surface area contributed by atoms with Crippen molar-refractivity contribution in [3.05, 3.63) is 48.6 Å². The molecule has 10 heteroatoms. The number of nitrogens with two attached hydrogens (primary N) is 1. The Morgan fingerprint density at radius 3 is 1.07 bits per heavy atom. The number of allylic oxidation sites excluding steroid dienone is 8. The van der Waals surface area contributed by atoms with Crippen LogP contribution in [0.1, 0.15) is 296 Å². The minimum absolute atomic E-state index is 0.0531. The van der Waals surface area contributed by atoms with Crippen molar-refractivity contribution in [2.75, 3.05) is 26.4 Å². The molecule has 3 N–H and O–H groups in total. The summed E-state index contributed by atoms with van der Waals surface area (Å²) in [7, 11) is -4.39. The zero-order valence-electron chi connectivity index (χ0n) is 46.5. The molecule has 0 spiro atoms. The first-order chi connectivity index (χ1) is 34.8. The lowest BCUT2D eigenvalue weighted by Gasteiger charge is -2.19. The Hall–Kier alpha value is -2.03. The SMILES string of the molecule is CCCCCCC/C=C\C/C=C\CCCCCCCCCCCCCCCCCCCC(=O)OC(COC(=O)CCCCCCCCCCC/C=C\C/C=C\CCCCCCC)COP(=O)(O)OCCN. The smallest absolute Gasteiger partial charge is 0.462 e. The van der Waals surface area contributed by atoms with Crippen LogP contribution in [0, 0.1) is 0 Å². The number of hydrogen-bond acceptors (Lipinski definition) is 8. The zero-order chi connectivity index (χ0) is 51.7. The van der Waals surface area contributed by atoms with Gasteiger partial charge >= 0.3 is 19.8 Å². The lowest BCUT2D eigenvalue weighted by atomic mass is 10.0. The molecule has 0 saturated carbocycles. The summed E-state index contributed by atoms with van der Waals surface area (Å²) in [5.41, 5.74) is 5.39. The van der Waals surface area contributed by atoms with Gasteiger partial charge in [0.15, 0.2) is 6.10 Å². The largest absolute Gasteiger partial charge is 0.472 e. The van der Waals surface area contributed by atoms with Crippen molar-refractivity contribution in [3.8, 4) is 0 Å². The van der Waals surface area contributed by atoms with E-state index in [0.29, 0.717) is 6.42 Å². The molecule has 0 amide bonds. The normalized spacial score (nSPS) is 13.4. The molecule has 0 aromatic heterocycles. The highest BCUT2D eigenvalue weighted by atomic mass is 31.2. The van der Waals surface area contributed by atoms with Gasteiger partial charge in [0.2, 0.25) is 0 Å². The molecule has 0 aliphatic heterocycles. The first kappa shape index (κ1) is 69.0. The van der Waals surface area contributed by atoms with Crippen molar-refractivity contribution in [2.45, 2.75) is 302 Å². The fourth-order valence-corrected chi connectivity index (χ4v) is 9.46. The molecular weight excluding hydrogens is 906 g/mol. The summed E-state index contributed by atoms with van der Waals surface area (Å²) in [6.07, 6.45) is 70.3. The fraction of sp³-hybridized carbons (Fsp3) is 0.836. The predicted octanol–water partition coefficient (Wildman–Crippen LogP) is 19.0. The second kappa shape index (κ2) is 57.3. The monoisotopic (exact) mass is 1020 g/mol. The molecule has 9 nitrogen and oxygen atoms in total. The molecule has 71 heavy (non-hydrogen) atoms. The van der Waals surface area contributed by atoms with E-state index in [9.17, 15) is 19.0 Å². The maximum Gasteiger partial charge on any atom is 0.472 e. The second-order valence-corrected chi connectivity index (χ2v) is 21.7. The number of hydrogen-bond donors (Lipinski definition) is 2. The van der Waals surface area contributed by atoms with Crippen LogP contribution in [-0.4, -0.2) is 49.3 Å². The van der Waals surface area contributed by atoms with Crippen LogP contribution in [0.25, 0.3) is 0 Å². The number of carbonyl (C=O) groups excluding carboxylic acids is 2. The summed E-state index contributed by atoms with van der Waals surface area (Å²) < 4.78 is 33.1. The Bertz CT molecular complexity index is 1300. The summed E-state index contributed by atoms with van der Waals surface area (Å²) in [5.74, 6) is -0.821. The summed E-state index contributed by atoms with van der Waals surface area (Å²) in [4.78, 5) is 35.2. The van der Waals surface area contributed by atoms with E-state index < -0.39 is 26.5 Å². The third-order valence-electron chi connectivity index (χ3n) is 13.2. The van der Waals surface area contributed by atoms with Gasteiger partial charge in [0.05, 0.1) is 13.2 Å². The predicted molar refractivity (Wildman–Crippen MR) is 303 cm³/mol. The van der Waals surface area contributed by atoms with Crippen LogP contribution in [-0.2, 0) is 32.7 Å². The second-order valence-electron chi connectivity index (χ2n) is 20.2. The molecule has 0 radical (unpaired) electrons. The topological polar surface area (TPSA) is 134 Å². The van der Waals surface area contributed by atoms with Crippen LogP contribution < -0.4 is 5.73 Å². The van der Waals surface area contributed by atoms with E-state index in [1.54, 1.807) is 0 Å². The third-order valence-corrected chi connectivity index (χ3v) is 14.2. The highest BCUT2D eigenvalue weighted by Crippen LogP contribution is 2.43. The van der Waals surface area contributed by atoms with Crippen LogP contribution in [0.2, 0.25) is 0 Å². The molecule has 0 aromatic rings. The minimum Gasteiger partial charge on any atom is -0.462 e. The van der Waals surface area contributed by atoms with Crippen molar-refractivity contribution in [3.63, 3.8) is 0 Å². The van der Waals surface area contributed by atoms with Crippen molar-refractivity contribution in [1.82, 2.24) is 0 Å². The van der Waals surface area contributed by atoms with Crippen LogP contribution >= 0.6 is 7.82 Å². The molecule has 0 fully saturated rings. The van der Waals surface area contributed by atoms with Gasteiger partial charge < -0.3 is 20.1 Å². The van der Waals surface area contributed by atoms with E-state index in [0.717, 1.165) is 44.9 Å². The number of phosphoric acid groups is 1. The molecule has 0 aliphatic rings. The van der Waals surface area contributed by atoms with E-state index >= 15 is 0 Å². The standard InChI is InChI=1S/C61H114NO8P/c1-3-5-7-9-11-13-15-17-19-21-23-25-26-27-28-29-30-31-32-34-36-38-40-42-44-46-48-50-52-54-61(64)70-59(58-69-71(65,66)68-56-55-62)57-67-60(63)53-51-49-47-45-43-41-39-37-35-33-24-22-20-18-16-14-12-10-8-6-4-2/h15-18,21-24,59H,3-14,19-20,25-58,62H2,1-2H3,(H,65,66)/b17-15-,18-16-,23-21-,24-22-. The van der Waals surface area contributed by atoms with Gasteiger partial charge in [-0.05, 0) is 77.0 Å². The van der Waals surface area contributed by atoms with E-state index in [1.165, 1.54) is 218 Å². The van der Waals surface area contributed by atoms with Crippen LogP contribution in [0.15, 0.2) is 48.6 Å². The number of esters is 2. The Kier molecular flexibility index (Phi) is 55.6. The number of rotatable bonds is 57. The zero-order valence-corrected chi connectivity index (χ0v) is 47.4. The Morgan fingerprint density at radius 2 is 0.732 bits per heavy atom. The van der Waals surface area contributed by atoms with Crippen LogP contribution in [0.4, 0.5) is 0 Å². The van der Waals surface area contributed by atoms with Crippen LogP contribution in [0.5, 0.6) is 0 Å². The molecule has 0 rings (SSSR count). The van der Waals surface area contributed by atoms with Crippen molar-refractivity contribution < 1.29 is 37.6 Å². The molecule has 0 aliphatic carbocycles. The van der Waals surface area contributed by atoms with Gasteiger partial charge in [-0.15, -0.1) is 0 Å². The van der Waals surface area contributed by atoms with E-state index in [1.807, 2.05) is 0 Å². The summed E-state index contributed by atoms with van der Waals surface area (Å²) in [6.45, 7) is 3.76. The van der Waals surface area contributed by atoms with E-state index in [2.05, 4.69) is 62.5 Å². The van der Waals surface area contributed by atoms with Crippen molar-refractivity contribution >= 4 is 19.8 Å². The summed E-state index contributed by atoms with van der Waals surface area (Å²) in [5, 5.41) is 0. The molecular formula is C61H114NO8P. The molecule has 0 saturated heterocycles. The van der Waals surface area contributed by atoms with Gasteiger partial charge in [0.1, 0.15) is 6.61 Å². The minimum atomic E-state index is -4.39. The summed E-state index contributed by atoms with van der Waals surface area (Å²) >= 11 is 0. The van der Waals surface area contributed by atoms with Gasteiger partial charge in [-0.25, -0.2) is 4.57 Å². The van der Waals surface area contributed by atoms with E-state index in [4.69, 9.17) is 24.3 Å². The maximum absolute atomic E-state index is 12.7. The first-order valence-electron chi connectivity index (χ1n) is 30.1. The molecule has 0 aromatic carbocycles. The lowest BCUT2D eigenvalue weighted by molar-refractivity contribution is -0.161. The highest BCUT2D eigenvalue weighted by Gasteiger charge is 2.26. The Labute approximate surface area is 438 Å². The Morgan fingerprint density at radius 1 is 0.423 bits per heavy atom. The lowest BCUT2D eigenvalue weighted by Crippen LogP contribution is -2.29. The number of carbonyl (C=O) groups is 2. The molecule has 2 atom stereocenters. The van der Waals surface area contributed by atoms with E-state index in [-0.39, 0.29) is 38.6 Å². The average molecular weight is 1020 g/mol. The van der Waals surface area contributed by atoms with Gasteiger partial charge in [-0.1, -0.05) is 255 Å². The first-order valence-corrected chi connectivity index (χ1v) is 31.6. The van der Waals surface area contributed by atoms with Gasteiger partial charge in [-0.2, -0.15) is 0 Å². The third kappa shape index (κ3) is 57.1. The van der Waals surface area contributed by atoms with Gasteiger partial charge in [0.25, 0.3) is 0 Å². The number of unbranched alkanes of at least 4 members (excludes halogenated alkanes) is 36. The number of phosphoric ester groups is 1. The number of ether oxygens (including phenoxy) is 2. The van der Waals surface area contributed by atoms with Crippen molar-refractivity contribution in [2.24, 2.45) is 5.73 Å². The molecule has 416 valence electrons. The highest BCUT2D eigenvalue weighted by molar-refractivity contribution is 7.47. The molecule has 0 heterocycles. The molecule has 2 unspecified atom stereocenters. The van der Waals surface area contributed by atoms with Crippen molar-refractivity contribution in [1.29, 1.82) is 0 Å². The molecule has 0 bridgehead atoms. The fourth-order valence-electron chi connectivity index (χ4n) is 8.70. The van der Waals surface area contributed by atoms with Gasteiger partial charge in [-0.3, -0.25) is 18.6 Å². The Balaban J connectivity index is 3.93.